The van der Waals surface area contributed by atoms with Gasteiger partial charge in [-0.3, -0.25) is 0 Å². The average Bonchev–Trinajstić information content (AvgIpc) is 2.41. The maximum atomic E-state index is 12.9. The Morgan fingerprint density at radius 1 is 1.48 bits per heavy atom. The molecule has 10 heteroatoms. The Balaban J connectivity index is 2.24. The Morgan fingerprint density at radius 3 is 2.67 bits per heavy atom. The topological polar surface area (TPSA) is 64.5 Å². The van der Waals surface area contributed by atoms with Crippen LogP contribution < -0.4 is 9.64 Å². The number of carbonyl (C=O) groups is 1. The molecule has 1 saturated heterocycles. The molecule has 6 nitrogen and oxygen atoms in total. The SMILES string of the molecule is COC(=O)c1cnc(N2CC(F)(F)C2)c(OCC(F)F)n1. The molecule has 2 rings (SSSR count). The molecule has 0 aromatic carbocycles. The molecule has 0 saturated carbocycles. The molecule has 0 N–H and O–H groups in total. The Morgan fingerprint density at radius 2 is 2.14 bits per heavy atom. The predicted molar refractivity (Wildman–Crippen MR) is 62.0 cm³/mol. The standard InChI is InChI=1S/C11H11F4N3O3/c1-20-10(19)6-2-16-8(18-4-11(14,15)5-18)9(17-6)21-3-7(12)13/h2,7H,3-5H2,1H3. The normalized spacial score (nSPS) is 16.6. The Bertz CT molecular complexity index is 533. The van der Waals surface area contributed by atoms with Crippen molar-refractivity contribution in [3.63, 3.8) is 0 Å². The van der Waals surface area contributed by atoms with E-state index < -0.39 is 43.9 Å². The van der Waals surface area contributed by atoms with Crippen LogP contribution in [0.1, 0.15) is 10.5 Å². The fourth-order valence-corrected chi connectivity index (χ4v) is 1.69. The number of alkyl halides is 4. The van der Waals surface area contributed by atoms with Gasteiger partial charge in [-0.1, -0.05) is 0 Å². The number of halogens is 4. The van der Waals surface area contributed by atoms with Crippen molar-refractivity contribution in [2.45, 2.75) is 12.3 Å². The van der Waals surface area contributed by atoms with E-state index in [4.69, 9.17) is 4.74 Å². The van der Waals surface area contributed by atoms with Crippen LogP contribution in [0.5, 0.6) is 5.88 Å². The highest BCUT2D eigenvalue weighted by atomic mass is 19.3. The van der Waals surface area contributed by atoms with Crippen molar-refractivity contribution in [1.82, 2.24) is 9.97 Å². The van der Waals surface area contributed by atoms with Crippen LogP contribution in [0.25, 0.3) is 0 Å². The highest BCUT2D eigenvalue weighted by Gasteiger charge is 2.45. The van der Waals surface area contributed by atoms with Crippen LogP contribution in [-0.4, -0.2) is 55.1 Å². The van der Waals surface area contributed by atoms with Gasteiger partial charge in [-0.2, -0.15) is 0 Å². The smallest absolute Gasteiger partial charge is 0.358 e. The first-order chi connectivity index (χ1) is 9.82. The third-order valence-corrected chi connectivity index (χ3v) is 2.61. The molecule has 116 valence electrons. The summed E-state index contributed by atoms with van der Waals surface area (Å²) in [5.74, 6) is -4.24. The monoisotopic (exact) mass is 309 g/mol. The van der Waals surface area contributed by atoms with Crippen LogP contribution in [0.3, 0.4) is 0 Å². The van der Waals surface area contributed by atoms with Gasteiger partial charge in [-0.05, 0) is 0 Å². The minimum atomic E-state index is -2.87. The van der Waals surface area contributed by atoms with Gasteiger partial charge in [0.15, 0.2) is 18.1 Å². The van der Waals surface area contributed by atoms with Crippen molar-refractivity contribution in [2.75, 3.05) is 31.7 Å². The van der Waals surface area contributed by atoms with Gasteiger partial charge in [-0.15, -0.1) is 0 Å². The zero-order valence-corrected chi connectivity index (χ0v) is 10.9. The number of methoxy groups -OCH3 is 1. The van der Waals surface area contributed by atoms with Gasteiger partial charge in [0.25, 0.3) is 18.2 Å². The first-order valence-electron chi connectivity index (χ1n) is 5.81. The molecular formula is C11H11F4N3O3. The van der Waals surface area contributed by atoms with E-state index in [0.717, 1.165) is 18.2 Å². The molecule has 1 aromatic rings. The van der Waals surface area contributed by atoms with Crippen LogP contribution in [0.15, 0.2) is 6.20 Å². The molecule has 0 bridgehead atoms. The molecule has 0 spiro atoms. The largest absolute Gasteiger partial charge is 0.469 e. The van der Waals surface area contributed by atoms with Crippen molar-refractivity contribution in [3.05, 3.63) is 11.9 Å². The lowest BCUT2D eigenvalue weighted by Gasteiger charge is -2.39. The Hall–Kier alpha value is -2.13. The van der Waals surface area contributed by atoms with E-state index in [1.54, 1.807) is 0 Å². The summed E-state index contributed by atoms with van der Waals surface area (Å²) in [4.78, 5) is 19.9. The predicted octanol–water partition coefficient (Wildman–Crippen LogP) is 1.36. The lowest BCUT2D eigenvalue weighted by atomic mass is 10.1. The summed E-state index contributed by atoms with van der Waals surface area (Å²) in [6.07, 6.45) is -1.77. The Labute approximate surface area is 116 Å². The second kappa shape index (κ2) is 5.70. The van der Waals surface area contributed by atoms with Crippen molar-refractivity contribution < 1.29 is 31.8 Å². The quantitative estimate of drug-likeness (QED) is 0.604. The third kappa shape index (κ3) is 3.50. The molecule has 1 aliphatic heterocycles. The van der Waals surface area contributed by atoms with Crippen LogP contribution in [0.4, 0.5) is 23.4 Å². The van der Waals surface area contributed by atoms with Crippen molar-refractivity contribution in [2.24, 2.45) is 0 Å². The molecule has 1 fully saturated rings. The molecule has 0 atom stereocenters. The highest BCUT2D eigenvalue weighted by molar-refractivity contribution is 5.87. The number of aromatic nitrogens is 2. The number of hydrogen-bond donors (Lipinski definition) is 0. The van der Waals surface area contributed by atoms with E-state index in [1.165, 1.54) is 0 Å². The van der Waals surface area contributed by atoms with Crippen molar-refractivity contribution >= 4 is 11.8 Å². The highest BCUT2D eigenvalue weighted by Crippen LogP contribution is 2.35. The number of ether oxygens (including phenoxy) is 2. The maximum Gasteiger partial charge on any atom is 0.358 e. The summed E-state index contributed by atoms with van der Waals surface area (Å²) in [6, 6.07) is 0. The van der Waals surface area contributed by atoms with Gasteiger partial charge >= 0.3 is 5.97 Å². The minimum Gasteiger partial charge on any atom is -0.469 e. The summed E-state index contributed by atoms with van der Waals surface area (Å²) >= 11 is 0. The number of anilines is 1. The van der Waals surface area contributed by atoms with Gasteiger partial charge in [0.05, 0.1) is 26.4 Å². The van der Waals surface area contributed by atoms with Gasteiger partial charge in [0, 0.05) is 0 Å². The number of carbonyl (C=O) groups excluding carboxylic acids is 1. The van der Waals surface area contributed by atoms with E-state index in [9.17, 15) is 22.4 Å². The maximum absolute atomic E-state index is 12.9. The summed E-state index contributed by atoms with van der Waals surface area (Å²) in [7, 11) is 1.10. The summed E-state index contributed by atoms with van der Waals surface area (Å²) in [6.45, 7) is -2.23. The van der Waals surface area contributed by atoms with Crippen LogP contribution in [0.2, 0.25) is 0 Å². The van der Waals surface area contributed by atoms with Crippen molar-refractivity contribution in [1.29, 1.82) is 0 Å². The molecule has 1 aliphatic rings. The summed E-state index contributed by atoms with van der Waals surface area (Å²) < 4.78 is 59.3. The number of esters is 1. The molecule has 0 aliphatic carbocycles. The number of hydrogen-bond acceptors (Lipinski definition) is 6. The van der Waals surface area contributed by atoms with E-state index in [0.29, 0.717) is 0 Å². The van der Waals surface area contributed by atoms with Crippen LogP contribution in [0, 0.1) is 0 Å². The molecular weight excluding hydrogens is 298 g/mol. The first kappa shape index (κ1) is 15.3. The lowest BCUT2D eigenvalue weighted by molar-refractivity contribution is -0.0272. The second-order valence-corrected chi connectivity index (χ2v) is 4.29. The fourth-order valence-electron chi connectivity index (χ4n) is 1.69. The fraction of sp³-hybridized carbons (Fsp3) is 0.545. The second-order valence-electron chi connectivity index (χ2n) is 4.29. The summed E-state index contributed by atoms with van der Waals surface area (Å²) in [5.41, 5.74) is -0.266. The third-order valence-electron chi connectivity index (χ3n) is 2.61. The molecule has 1 aromatic heterocycles. The van der Waals surface area contributed by atoms with E-state index in [1.807, 2.05) is 0 Å². The summed E-state index contributed by atoms with van der Waals surface area (Å²) in [5, 5.41) is 0. The molecule has 0 radical (unpaired) electrons. The van der Waals surface area contributed by atoms with Crippen LogP contribution >= 0.6 is 0 Å². The lowest BCUT2D eigenvalue weighted by Crippen LogP contribution is -2.56. The van der Waals surface area contributed by atoms with Gasteiger partial charge in [-0.25, -0.2) is 32.3 Å². The van der Waals surface area contributed by atoms with E-state index >= 15 is 0 Å². The first-order valence-corrected chi connectivity index (χ1v) is 5.81. The zero-order chi connectivity index (χ0) is 15.6. The molecule has 0 amide bonds. The number of nitrogens with zero attached hydrogens (tertiary/aromatic N) is 3. The molecule has 0 unspecified atom stereocenters. The Kier molecular flexibility index (Phi) is 4.14. The van der Waals surface area contributed by atoms with Crippen molar-refractivity contribution in [3.8, 4) is 5.88 Å². The van der Waals surface area contributed by atoms with Crippen LogP contribution in [-0.2, 0) is 4.74 Å². The molecule has 21 heavy (non-hydrogen) atoms. The van der Waals surface area contributed by atoms with Gasteiger partial charge in [0.1, 0.15) is 0 Å². The van der Waals surface area contributed by atoms with Gasteiger partial charge < -0.3 is 14.4 Å². The van der Waals surface area contributed by atoms with Gasteiger partial charge in [0.2, 0.25) is 0 Å². The zero-order valence-electron chi connectivity index (χ0n) is 10.9. The minimum absolute atomic E-state index is 0.116. The number of rotatable bonds is 5. The molecule has 2 heterocycles. The van der Waals surface area contributed by atoms with E-state index in [2.05, 4.69) is 14.7 Å². The average molecular weight is 309 g/mol. The van der Waals surface area contributed by atoms with E-state index in [-0.39, 0.29) is 11.5 Å².